The molecule has 0 aromatic rings. The highest BCUT2D eigenvalue weighted by Gasteiger charge is 0.885. The van der Waals surface area contributed by atoms with Crippen LogP contribution in [0.3, 0.4) is 0 Å². The summed E-state index contributed by atoms with van der Waals surface area (Å²) in [6.45, 7) is 0. The summed E-state index contributed by atoms with van der Waals surface area (Å²) in [4.78, 5) is 0. The van der Waals surface area contributed by atoms with Crippen LogP contribution in [0, 0.1) is 0 Å². The van der Waals surface area contributed by atoms with Gasteiger partial charge >= 0.3 is 0 Å². The molecule has 0 spiro atoms. The average Bonchev–Trinajstić information content (AvgIpc) is 1.50. The fraction of sp³-hybridized carbons (Fsp3) is 0. The van der Waals surface area contributed by atoms with E-state index in [-0.39, 0.29) is 12.3 Å². The molecule has 0 saturated carbocycles. The van der Waals surface area contributed by atoms with Gasteiger partial charge in [0.05, 0.1) is 0 Å². The topological polar surface area (TPSA) is 110 Å². The molecule has 0 aliphatic carbocycles. The number of hydrogen-bond acceptors (Lipinski definition) is 6. The van der Waals surface area contributed by atoms with Gasteiger partial charge in [0.25, 0.3) is 0 Å². The van der Waals surface area contributed by atoms with Crippen molar-refractivity contribution in [3.05, 3.63) is 0 Å². The molecule has 0 radical (unpaired) electrons. The van der Waals surface area contributed by atoms with Gasteiger partial charge < -0.3 is 12.3 Å². The van der Waals surface area contributed by atoms with Crippen molar-refractivity contribution < 1.29 is 10.5 Å². The highest BCUT2D eigenvalue weighted by molar-refractivity contribution is 8.59. The monoisotopic (exact) mass is 134 g/mol. The highest BCUT2D eigenvalue weighted by atomic mass is 33.1. The van der Waals surface area contributed by atoms with E-state index in [0.717, 1.165) is 0 Å². The Labute approximate surface area is 46.9 Å². The molecule has 6 heavy (non-hydrogen) atoms. The molecule has 0 aromatic carbocycles. The second-order valence-electron chi connectivity index (χ2n) is 0. The Morgan fingerprint density at radius 1 is 0.833 bits per heavy atom. The quantitative estimate of drug-likeness (QED) is 0.129. The molecule has 0 atom stereocenters. The van der Waals surface area contributed by atoms with Crippen molar-refractivity contribution in [2.24, 2.45) is 0 Å². The molecule has 8 N–H and O–H groups in total. The SMILES string of the molecule is N.N.OO.SS. The van der Waals surface area contributed by atoms with Gasteiger partial charge in [0.1, 0.15) is 0 Å². The zero-order valence-corrected chi connectivity index (χ0v) is 4.99. The van der Waals surface area contributed by atoms with Gasteiger partial charge in [-0.3, -0.25) is 10.5 Å². The Hall–Kier alpha value is 0.540. The lowest BCUT2D eigenvalue weighted by Gasteiger charge is -1.25. The lowest BCUT2D eigenvalue weighted by Crippen LogP contribution is -1.29. The van der Waals surface area contributed by atoms with Crippen LogP contribution in [0.1, 0.15) is 0 Å². The van der Waals surface area contributed by atoms with E-state index in [4.69, 9.17) is 10.5 Å². The van der Waals surface area contributed by atoms with Gasteiger partial charge in [0, 0.05) is 0 Å². The highest BCUT2D eigenvalue weighted by Crippen LogP contribution is 1.65. The first-order chi connectivity index (χ1) is 2.00. The zero-order chi connectivity index (χ0) is 4.00. The maximum Gasteiger partial charge on any atom is -0.115 e. The van der Waals surface area contributed by atoms with Crippen LogP contribution in [0.25, 0.3) is 0 Å². The molecular formula is H10N2O2S2. The summed E-state index contributed by atoms with van der Waals surface area (Å²) in [5.41, 5.74) is 0. The summed E-state index contributed by atoms with van der Waals surface area (Å²) in [7, 11) is 0. The Kier molecular flexibility index (Phi) is 2030. The summed E-state index contributed by atoms with van der Waals surface area (Å²) < 4.78 is 0. The summed E-state index contributed by atoms with van der Waals surface area (Å²) in [5, 5.41) is 12.0. The fourth-order valence-corrected chi connectivity index (χ4v) is 0. The molecule has 0 aliphatic heterocycles. The summed E-state index contributed by atoms with van der Waals surface area (Å²) in [6, 6.07) is 0. The van der Waals surface area contributed by atoms with E-state index in [0.29, 0.717) is 0 Å². The molecule has 0 heterocycles. The van der Waals surface area contributed by atoms with E-state index in [1.54, 1.807) is 0 Å². The Bertz CT molecular complexity index is 9.51. The van der Waals surface area contributed by atoms with Gasteiger partial charge in [-0.15, -0.1) is 23.3 Å². The van der Waals surface area contributed by atoms with Crippen LogP contribution in [0.4, 0.5) is 0 Å². The van der Waals surface area contributed by atoms with E-state index in [1.165, 1.54) is 0 Å². The van der Waals surface area contributed by atoms with Crippen LogP contribution < -0.4 is 12.3 Å². The normalized spacial score (nSPS) is 2.00. The number of thiol groups is 2. The van der Waals surface area contributed by atoms with E-state index in [9.17, 15) is 0 Å². The average molecular weight is 134 g/mol. The lowest BCUT2D eigenvalue weighted by atomic mass is 14.0. The van der Waals surface area contributed by atoms with Crippen LogP contribution in [0.5, 0.6) is 0 Å². The predicted octanol–water partition coefficient (Wildman–Crippen LogP) is 1.10. The fourth-order valence-electron chi connectivity index (χ4n) is 0. The summed E-state index contributed by atoms with van der Waals surface area (Å²) >= 11 is 6.44. The third kappa shape index (κ3) is 195. The van der Waals surface area contributed by atoms with Gasteiger partial charge in [-0.1, -0.05) is 0 Å². The van der Waals surface area contributed by atoms with Crippen molar-refractivity contribution in [3.8, 4) is 0 Å². The van der Waals surface area contributed by atoms with Crippen molar-refractivity contribution in [2.45, 2.75) is 0 Å². The van der Waals surface area contributed by atoms with E-state index < -0.39 is 0 Å². The lowest BCUT2D eigenvalue weighted by molar-refractivity contribution is -0.176. The largest absolute Gasteiger partial charge is 0.344 e. The van der Waals surface area contributed by atoms with Gasteiger partial charge in [-0.2, -0.15) is 0 Å². The Morgan fingerprint density at radius 3 is 0.833 bits per heavy atom. The van der Waals surface area contributed by atoms with Crippen LogP contribution >= 0.6 is 23.3 Å². The van der Waals surface area contributed by atoms with E-state index in [2.05, 4.69) is 23.3 Å². The van der Waals surface area contributed by atoms with Gasteiger partial charge in [-0.25, -0.2) is 0 Å². The molecule has 0 bridgehead atoms. The van der Waals surface area contributed by atoms with Crippen molar-refractivity contribution in [2.75, 3.05) is 0 Å². The molecule has 44 valence electrons. The molecule has 0 fully saturated rings. The van der Waals surface area contributed by atoms with E-state index in [1.807, 2.05) is 0 Å². The third-order valence-electron chi connectivity index (χ3n) is 0. The standard InChI is InChI=1S/2H3N.H2O2.H2S2/c;;2*1-2/h2*1H3;2*1-2H. The van der Waals surface area contributed by atoms with Crippen molar-refractivity contribution >= 4 is 23.3 Å². The minimum absolute atomic E-state index is 0. The number of hydrogen-bond donors (Lipinski definition) is 6. The van der Waals surface area contributed by atoms with E-state index >= 15 is 0 Å². The van der Waals surface area contributed by atoms with Gasteiger partial charge in [0.15, 0.2) is 0 Å². The molecule has 0 unspecified atom stereocenters. The van der Waals surface area contributed by atoms with Gasteiger partial charge in [-0.05, 0) is 0 Å². The minimum atomic E-state index is 0. The first-order valence-corrected chi connectivity index (χ1v) is 2.00. The molecule has 6 heteroatoms. The zero-order valence-electron chi connectivity index (χ0n) is 3.20. The molecule has 0 aromatic heterocycles. The maximum absolute atomic E-state index is 6.00. The van der Waals surface area contributed by atoms with Crippen molar-refractivity contribution in [3.63, 3.8) is 0 Å². The first-order valence-electron chi connectivity index (χ1n) is 0.400. The Balaban J connectivity index is -0.00000000500. The predicted molar refractivity (Wildman–Crippen MR) is 33.3 cm³/mol. The number of rotatable bonds is 0. The minimum Gasteiger partial charge on any atom is -0.344 e. The van der Waals surface area contributed by atoms with Crippen molar-refractivity contribution in [1.82, 2.24) is 12.3 Å². The molecule has 0 aliphatic rings. The van der Waals surface area contributed by atoms with Crippen LogP contribution in [0.2, 0.25) is 0 Å². The maximum atomic E-state index is 6.00. The van der Waals surface area contributed by atoms with Crippen molar-refractivity contribution in [1.29, 1.82) is 0 Å². The molecule has 0 saturated heterocycles. The van der Waals surface area contributed by atoms with Gasteiger partial charge in [0.2, 0.25) is 0 Å². The molecule has 0 amide bonds. The third-order valence-corrected chi connectivity index (χ3v) is 0. The summed E-state index contributed by atoms with van der Waals surface area (Å²) in [5.74, 6) is 0. The smallest absolute Gasteiger partial charge is 0.115 e. The molecule has 0 rings (SSSR count). The second kappa shape index (κ2) is 392. The summed E-state index contributed by atoms with van der Waals surface area (Å²) in [6.07, 6.45) is 0. The first kappa shape index (κ1) is 31.1. The molecular weight excluding hydrogens is 124 g/mol. The molecule has 4 nitrogen and oxygen atoms in total. The second-order valence-corrected chi connectivity index (χ2v) is 0. The van der Waals surface area contributed by atoms with Crippen LogP contribution in [-0.4, -0.2) is 10.5 Å². The van der Waals surface area contributed by atoms with Crippen LogP contribution in [-0.2, 0) is 0 Å². The van der Waals surface area contributed by atoms with Crippen LogP contribution in [0.15, 0.2) is 0 Å². The Morgan fingerprint density at radius 2 is 0.833 bits per heavy atom.